The molecule has 24 heavy (non-hydrogen) atoms. The molecule has 1 atom stereocenters. The van der Waals surface area contributed by atoms with Crippen molar-refractivity contribution in [2.75, 3.05) is 37.0 Å². The fraction of sp³-hybridized carbons (Fsp3) is 0.444. The second kappa shape index (κ2) is 7.36. The summed E-state index contributed by atoms with van der Waals surface area (Å²) in [6, 6.07) is 10.6. The van der Waals surface area contributed by atoms with Gasteiger partial charge in [-0.1, -0.05) is 17.7 Å². The second-order valence-corrected chi connectivity index (χ2v) is 6.92. The van der Waals surface area contributed by atoms with Crippen molar-refractivity contribution >= 4 is 23.2 Å². The van der Waals surface area contributed by atoms with Gasteiger partial charge >= 0.3 is 0 Å². The molecular weight excluding hydrogens is 322 g/mol. The average molecular weight is 346 g/mol. The molecule has 1 fully saturated rings. The lowest BCUT2D eigenvalue weighted by Crippen LogP contribution is -2.32. The van der Waals surface area contributed by atoms with Crippen LogP contribution in [0, 0.1) is 6.92 Å². The SMILES string of the molecule is Cc1cc(CNC2CCN(c3cccc(Cl)c3)C2)nc(N(C)C)n1. The van der Waals surface area contributed by atoms with Crippen molar-refractivity contribution in [1.29, 1.82) is 0 Å². The summed E-state index contributed by atoms with van der Waals surface area (Å²) in [4.78, 5) is 13.4. The molecule has 1 aliphatic heterocycles. The van der Waals surface area contributed by atoms with Gasteiger partial charge in [-0.15, -0.1) is 0 Å². The Kier molecular flexibility index (Phi) is 5.21. The Morgan fingerprint density at radius 3 is 2.88 bits per heavy atom. The molecular formula is C18H24ClN5. The van der Waals surface area contributed by atoms with Crippen molar-refractivity contribution in [2.45, 2.75) is 25.9 Å². The molecule has 1 saturated heterocycles. The van der Waals surface area contributed by atoms with Gasteiger partial charge in [0.05, 0.1) is 5.69 Å². The van der Waals surface area contributed by atoms with Gasteiger partial charge < -0.3 is 15.1 Å². The van der Waals surface area contributed by atoms with E-state index in [0.29, 0.717) is 6.04 Å². The maximum Gasteiger partial charge on any atom is 0.225 e. The van der Waals surface area contributed by atoms with Crippen LogP contribution in [0.3, 0.4) is 0 Å². The first kappa shape index (κ1) is 17.0. The highest BCUT2D eigenvalue weighted by molar-refractivity contribution is 6.30. The van der Waals surface area contributed by atoms with Gasteiger partial charge in [0.25, 0.3) is 0 Å². The molecule has 1 unspecified atom stereocenters. The smallest absolute Gasteiger partial charge is 0.225 e. The first-order valence-electron chi connectivity index (χ1n) is 8.27. The monoisotopic (exact) mass is 345 g/mol. The van der Waals surface area contributed by atoms with Gasteiger partial charge in [-0.2, -0.15) is 0 Å². The third-order valence-electron chi connectivity index (χ3n) is 4.23. The molecule has 0 radical (unpaired) electrons. The van der Waals surface area contributed by atoms with E-state index < -0.39 is 0 Å². The number of anilines is 2. The zero-order valence-corrected chi connectivity index (χ0v) is 15.2. The maximum absolute atomic E-state index is 6.10. The highest BCUT2D eigenvalue weighted by atomic mass is 35.5. The van der Waals surface area contributed by atoms with Crippen LogP contribution >= 0.6 is 11.6 Å². The van der Waals surface area contributed by atoms with E-state index >= 15 is 0 Å². The lowest BCUT2D eigenvalue weighted by molar-refractivity contribution is 0.545. The predicted molar refractivity (Wildman–Crippen MR) is 100 cm³/mol. The van der Waals surface area contributed by atoms with Crippen molar-refractivity contribution in [2.24, 2.45) is 0 Å². The Balaban J connectivity index is 1.58. The highest BCUT2D eigenvalue weighted by Crippen LogP contribution is 2.23. The van der Waals surface area contributed by atoms with E-state index in [2.05, 4.69) is 26.3 Å². The lowest BCUT2D eigenvalue weighted by Gasteiger charge is -2.19. The quantitative estimate of drug-likeness (QED) is 0.902. The number of aryl methyl sites for hydroxylation is 1. The van der Waals surface area contributed by atoms with Crippen molar-refractivity contribution in [3.63, 3.8) is 0 Å². The van der Waals surface area contributed by atoms with Crippen LogP contribution in [-0.2, 0) is 6.54 Å². The van der Waals surface area contributed by atoms with E-state index in [1.165, 1.54) is 5.69 Å². The first-order valence-corrected chi connectivity index (χ1v) is 8.65. The summed E-state index contributed by atoms with van der Waals surface area (Å²) >= 11 is 6.10. The molecule has 0 bridgehead atoms. The van der Waals surface area contributed by atoms with Gasteiger partial charge in [0, 0.05) is 56.2 Å². The molecule has 2 aromatic rings. The van der Waals surface area contributed by atoms with E-state index in [1.807, 2.05) is 50.2 Å². The minimum absolute atomic E-state index is 0.460. The minimum Gasteiger partial charge on any atom is -0.370 e. The topological polar surface area (TPSA) is 44.3 Å². The summed E-state index contributed by atoms with van der Waals surface area (Å²) in [5.41, 5.74) is 3.23. The molecule has 0 spiro atoms. The summed E-state index contributed by atoms with van der Waals surface area (Å²) in [5.74, 6) is 0.763. The van der Waals surface area contributed by atoms with E-state index in [4.69, 9.17) is 11.6 Å². The molecule has 0 amide bonds. The summed E-state index contributed by atoms with van der Waals surface area (Å²) in [7, 11) is 3.93. The van der Waals surface area contributed by atoms with Gasteiger partial charge in [-0.25, -0.2) is 9.97 Å². The number of halogens is 1. The summed E-state index contributed by atoms with van der Waals surface area (Å²) < 4.78 is 0. The number of hydrogen-bond donors (Lipinski definition) is 1. The molecule has 6 heteroatoms. The maximum atomic E-state index is 6.10. The lowest BCUT2D eigenvalue weighted by atomic mass is 10.2. The Morgan fingerprint density at radius 1 is 1.29 bits per heavy atom. The largest absolute Gasteiger partial charge is 0.370 e. The van der Waals surface area contributed by atoms with Crippen molar-refractivity contribution in [3.8, 4) is 0 Å². The normalized spacial score (nSPS) is 17.3. The molecule has 0 saturated carbocycles. The third kappa shape index (κ3) is 4.16. The van der Waals surface area contributed by atoms with Crippen LogP contribution in [0.1, 0.15) is 17.8 Å². The molecule has 5 nitrogen and oxygen atoms in total. The van der Waals surface area contributed by atoms with Crippen molar-refractivity contribution in [3.05, 3.63) is 46.7 Å². The van der Waals surface area contributed by atoms with Crippen molar-refractivity contribution in [1.82, 2.24) is 15.3 Å². The minimum atomic E-state index is 0.460. The van der Waals surface area contributed by atoms with E-state index in [9.17, 15) is 0 Å². The highest BCUT2D eigenvalue weighted by Gasteiger charge is 2.22. The predicted octanol–water partition coefficient (Wildman–Crippen LogP) is 2.87. The number of nitrogens with one attached hydrogen (secondary N) is 1. The van der Waals surface area contributed by atoms with Gasteiger partial charge in [0.2, 0.25) is 5.95 Å². The zero-order chi connectivity index (χ0) is 17.1. The van der Waals surface area contributed by atoms with Crippen LogP contribution in [0.5, 0.6) is 0 Å². The summed E-state index contributed by atoms with van der Waals surface area (Å²) in [5, 5.41) is 4.41. The van der Waals surface area contributed by atoms with Crippen LogP contribution in [0.2, 0.25) is 5.02 Å². The van der Waals surface area contributed by atoms with Crippen LogP contribution in [0.25, 0.3) is 0 Å². The molecule has 1 N–H and O–H groups in total. The second-order valence-electron chi connectivity index (χ2n) is 6.49. The molecule has 128 valence electrons. The Hall–Kier alpha value is -1.85. The van der Waals surface area contributed by atoms with Crippen LogP contribution in [0.15, 0.2) is 30.3 Å². The van der Waals surface area contributed by atoms with Gasteiger partial charge in [0.1, 0.15) is 0 Å². The van der Waals surface area contributed by atoms with E-state index in [0.717, 1.165) is 48.4 Å². The first-order chi connectivity index (χ1) is 11.5. The van der Waals surface area contributed by atoms with Crippen LogP contribution in [-0.4, -0.2) is 43.2 Å². The number of benzene rings is 1. The number of aromatic nitrogens is 2. The number of nitrogens with zero attached hydrogens (tertiary/aromatic N) is 4. The summed E-state index contributed by atoms with van der Waals surface area (Å²) in [6.45, 7) is 4.81. The van der Waals surface area contributed by atoms with E-state index in [-0.39, 0.29) is 0 Å². The standard InChI is InChI=1S/C18H24ClN5/c1-13-9-16(22-18(21-13)23(2)3)11-20-15-7-8-24(12-15)17-6-4-5-14(19)10-17/h4-6,9-10,15,20H,7-8,11-12H2,1-3H3. The average Bonchev–Trinajstić information content (AvgIpc) is 3.01. The van der Waals surface area contributed by atoms with Crippen LogP contribution in [0.4, 0.5) is 11.6 Å². The Morgan fingerprint density at radius 2 is 2.12 bits per heavy atom. The Labute approximate surface area is 148 Å². The molecule has 1 aliphatic rings. The van der Waals surface area contributed by atoms with Crippen molar-refractivity contribution < 1.29 is 0 Å². The Bertz CT molecular complexity index is 704. The summed E-state index contributed by atoms with van der Waals surface area (Å²) in [6.07, 6.45) is 1.12. The molecule has 2 heterocycles. The number of hydrogen-bond acceptors (Lipinski definition) is 5. The van der Waals surface area contributed by atoms with Gasteiger partial charge in [-0.05, 0) is 37.6 Å². The molecule has 0 aliphatic carbocycles. The number of rotatable bonds is 5. The fourth-order valence-corrected chi connectivity index (χ4v) is 3.18. The molecule has 1 aromatic heterocycles. The molecule has 3 rings (SSSR count). The third-order valence-corrected chi connectivity index (χ3v) is 4.46. The van der Waals surface area contributed by atoms with Gasteiger partial charge in [-0.3, -0.25) is 0 Å². The fourth-order valence-electron chi connectivity index (χ4n) is 2.99. The zero-order valence-electron chi connectivity index (χ0n) is 14.5. The van der Waals surface area contributed by atoms with Crippen LogP contribution < -0.4 is 15.1 Å². The van der Waals surface area contributed by atoms with Gasteiger partial charge in [0.15, 0.2) is 0 Å². The molecule has 1 aromatic carbocycles. The van der Waals surface area contributed by atoms with E-state index in [1.54, 1.807) is 0 Å².